The van der Waals surface area contributed by atoms with Crippen molar-refractivity contribution in [1.29, 1.82) is 0 Å². The highest BCUT2D eigenvalue weighted by molar-refractivity contribution is 7.21. The van der Waals surface area contributed by atoms with E-state index < -0.39 is 0 Å². The van der Waals surface area contributed by atoms with Gasteiger partial charge in [0.2, 0.25) is 0 Å². The van der Waals surface area contributed by atoms with Crippen LogP contribution in [0, 0.1) is 0 Å². The lowest BCUT2D eigenvalue weighted by atomic mass is 10.2. The Kier molecular flexibility index (Phi) is 5.33. The Labute approximate surface area is 144 Å². The molecule has 2 aromatic carbocycles. The van der Waals surface area contributed by atoms with Crippen LogP contribution in [0.15, 0.2) is 54.6 Å². The summed E-state index contributed by atoms with van der Waals surface area (Å²) < 4.78 is 17.6. The van der Waals surface area contributed by atoms with Crippen LogP contribution in [0.5, 0.6) is 11.5 Å². The Bertz CT molecular complexity index is 811. The average molecular weight is 342 g/mol. The summed E-state index contributed by atoms with van der Waals surface area (Å²) in [6.07, 6.45) is 0. The molecule has 0 unspecified atom stereocenters. The fourth-order valence-corrected chi connectivity index (χ4v) is 3.36. The molecular weight excluding hydrogens is 324 g/mol. The number of para-hydroxylation sites is 1. The lowest BCUT2D eigenvalue weighted by molar-refractivity contribution is 0.0527. The molecule has 0 aliphatic carbocycles. The van der Waals surface area contributed by atoms with Crippen LogP contribution in [0.4, 0.5) is 0 Å². The first-order valence-corrected chi connectivity index (χ1v) is 8.60. The molecule has 0 bridgehead atoms. The molecule has 24 heavy (non-hydrogen) atoms. The summed E-state index contributed by atoms with van der Waals surface area (Å²) in [5.41, 5.74) is 0. The largest absolute Gasteiger partial charge is 0.490 e. The summed E-state index contributed by atoms with van der Waals surface area (Å²) in [6, 6.07) is 17.3. The second-order valence-corrected chi connectivity index (χ2v) is 6.04. The van der Waals surface area contributed by atoms with Gasteiger partial charge in [-0.15, -0.1) is 11.3 Å². The quantitative estimate of drug-likeness (QED) is 0.467. The van der Waals surface area contributed by atoms with Gasteiger partial charge in [0.05, 0.1) is 6.61 Å². The summed E-state index contributed by atoms with van der Waals surface area (Å²) in [7, 11) is 0. The van der Waals surface area contributed by atoms with Crippen molar-refractivity contribution in [3.05, 3.63) is 59.5 Å². The minimum absolute atomic E-state index is 0.337. The molecule has 0 N–H and O–H groups in total. The van der Waals surface area contributed by atoms with Crippen LogP contribution in [0.25, 0.3) is 10.1 Å². The van der Waals surface area contributed by atoms with Gasteiger partial charge in [0, 0.05) is 10.1 Å². The van der Waals surface area contributed by atoms with E-state index in [9.17, 15) is 4.79 Å². The van der Waals surface area contributed by atoms with E-state index in [0.717, 1.165) is 15.8 Å². The van der Waals surface area contributed by atoms with Crippen LogP contribution in [-0.2, 0) is 4.74 Å². The lowest BCUT2D eigenvalue weighted by Crippen LogP contribution is -2.11. The van der Waals surface area contributed by atoms with Crippen LogP contribution in [-0.4, -0.2) is 25.8 Å². The Morgan fingerprint density at radius 1 is 0.958 bits per heavy atom. The second kappa shape index (κ2) is 7.84. The molecule has 0 radical (unpaired) electrons. The summed E-state index contributed by atoms with van der Waals surface area (Å²) >= 11 is 1.39. The molecule has 0 saturated heterocycles. The summed E-state index contributed by atoms with van der Waals surface area (Å²) in [5, 5.41) is 0.922. The van der Waals surface area contributed by atoms with Gasteiger partial charge >= 0.3 is 5.97 Å². The molecule has 5 heteroatoms. The SMILES string of the molecule is CCOC(=O)c1sc2ccccc2c1OCCOc1ccccc1. The predicted molar refractivity (Wildman–Crippen MR) is 95.2 cm³/mol. The van der Waals surface area contributed by atoms with E-state index >= 15 is 0 Å². The average Bonchev–Trinajstić information content (AvgIpc) is 2.99. The van der Waals surface area contributed by atoms with Gasteiger partial charge in [-0.2, -0.15) is 0 Å². The van der Waals surface area contributed by atoms with Crippen molar-refractivity contribution >= 4 is 27.4 Å². The molecule has 0 amide bonds. The van der Waals surface area contributed by atoms with Crippen LogP contribution < -0.4 is 9.47 Å². The fourth-order valence-electron chi connectivity index (χ4n) is 2.32. The third-order valence-electron chi connectivity index (χ3n) is 3.35. The summed E-state index contributed by atoms with van der Waals surface area (Å²) in [6.45, 7) is 2.88. The molecule has 4 nitrogen and oxygen atoms in total. The third kappa shape index (κ3) is 3.68. The van der Waals surface area contributed by atoms with E-state index in [1.54, 1.807) is 6.92 Å². The molecule has 124 valence electrons. The standard InChI is InChI=1S/C19H18O4S/c1-2-21-19(20)18-17(15-10-6-7-11-16(15)24-18)23-13-12-22-14-8-4-3-5-9-14/h3-11H,2,12-13H2,1H3. The van der Waals surface area contributed by atoms with Crippen molar-refractivity contribution < 1.29 is 19.0 Å². The third-order valence-corrected chi connectivity index (χ3v) is 4.48. The van der Waals surface area contributed by atoms with E-state index in [1.807, 2.05) is 54.6 Å². The Balaban J connectivity index is 1.72. The first kappa shape index (κ1) is 16.3. The number of ether oxygens (including phenoxy) is 3. The van der Waals surface area contributed by atoms with Crippen LogP contribution >= 0.6 is 11.3 Å². The Morgan fingerprint density at radius 3 is 2.46 bits per heavy atom. The van der Waals surface area contributed by atoms with E-state index in [0.29, 0.717) is 30.4 Å². The maximum atomic E-state index is 12.2. The molecule has 0 saturated carbocycles. The number of thiophene rings is 1. The van der Waals surface area contributed by atoms with Crippen molar-refractivity contribution in [2.45, 2.75) is 6.92 Å². The number of carbonyl (C=O) groups is 1. The van der Waals surface area contributed by atoms with E-state index in [1.165, 1.54) is 11.3 Å². The maximum absolute atomic E-state index is 12.2. The van der Waals surface area contributed by atoms with Crippen molar-refractivity contribution in [1.82, 2.24) is 0 Å². The van der Waals surface area contributed by atoms with Crippen molar-refractivity contribution in [3.8, 4) is 11.5 Å². The number of esters is 1. The minimum atomic E-state index is -0.349. The van der Waals surface area contributed by atoms with E-state index in [4.69, 9.17) is 14.2 Å². The molecule has 0 aliphatic rings. The van der Waals surface area contributed by atoms with Crippen LogP contribution in [0.3, 0.4) is 0 Å². The molecular formula is C19H18O4S. The first-order chi connectivity index (χ1) is 11.8. The molecule has 3 rings (SSSR count). The molecule has 0 fully saturated rings. The summed E-state index contributed by atoms with van der Waals surface area (Å²) in [5.74, 6) is 1.02. The minimum Gasteiger partial charge on any atom is -0.490 e. The molecule has 1 aromatic heterocycles. The van der Waals surface area contributed by atoms with Gasteiger partial charge in [-0.25, -0.2) is 4.79 Å². The van der Waals surface area contributed by atoms with E-state index in [2.05, 4.69) is 0 Å². The maximum Gasteiger partial charge on any atom is 0.352 e. The zero-order valence-electron chi connectivity index (χ0n) is 13.4. The van der Waals surface area contributed by atoms with Crippen LogP contribution in [0.2, 0.25) is 0 Å². The molecule has 3 aromatic rings. The van der Waals surface area contributed by atoms with Gasteiger partial charge in [-0.1, -0.05) is 30.3 Å². The molecule has 0 aliphatic heterocycles. The zero-order valence-corrected chi connectivity index (χ0v) is 14.2. The topological polar surface area (TPSA) is 44.8 Å². The summed E-state index contributed by atoms with van der Waals surface area (Å²) in [4.78, 5) is 12.7. The van der Waals surface area contributed by atoms with Gasteiger partial charge in [0.15, 0.2) is 10.6 Å². The molecule has 0 spiro atoms. The monoisotopic (exact) mass is 342 g/mol. The second-order valence-electron chi connectivity index (χ2n) is 4.99. The van der Waals surface area contributed by atoms with Crippen molar-refractivity contribution in [2.24, 2.45) is 0 Å². The molecule has 1 heterocycles. The molecule has 0 atom stereocenters. The number of hydrogen-bond donors (Lipinski definition) is 0. The number of carbonyl (C=O) groups excluding carboxylic acids is 1. The Morgan fingerprint density at radius 2 is 1.67 bits per heavy atom. The first-order valence-electron chi connectivity index (χ1n) is 7.79. The zero-order chi connectivity index (χ0) is 16.8. The van der Waals surface area contributed by atoms with Gasteiger partial charge < -0.3 is 14.2 Å². The highest BCUT2D eigenvalue weighted by atomic mass is 32.1. The highest BCUT2D eigenvalue weighted by Gasteiger charge is 2.20. The van der Waals surface area contributed by atoms with E-state index in [-0.39, 0.29) is 5.97 Å². The van der Waals surface area contributed by atoms with Gasteiger partial charge in [-0.3, -0.25) is 0 Å². The van der Waals surface area contributed by atoms with Gasteiger partial charge in [0.25, 0.3) is 0 Å². The van der Waals surface area contributed by atoms with Crippen molar-refractivity contribution in [3.63, 3.8) is 0 Å². The highest BCUT2D eigenvalue weighted by Crippen LogP contribution is 2.38. The van der Waals surface area contributed by atoms with Gasteiger partial charge in [0.1, 0.15) is 19.0 Å². The number of fused-ring (bicyclic) bond motifs is 1. The number of benzene rings is 2. The van der Waals surface area contributed by atoms with Crippen molar-refractivity contribution in [2.75, 3.05) is 19.8 Å². The normalized spacial score (nSPS) is 10.5. The predicted octanol–water partition coefficient (Wildman–Crippen LogP) is 4.54. The fraction of sp³-hybridized carbons (Fsp3) is 0.211. The Hall–Kier alpha value is -2.53. The number of rotatable bonds is 7. The van der Waals surface area contributed by atoms with Crippen LogP contribution in [0.1, 0.15) is 16.6 Å². The van der Waals surface area contributed by atoms with Gasteiger partial charge in [-0.05, 0) is 31.2 Å². The number of hydrogen-bond acceptors (Lipinski definition) is 5. The lowest BCUT2D eigenvalue weighted by Gasteiger charge is -2.09. The smallest absolute Gasteiger partial charge is 0.352 e.